The molecule has 1 aromatic rings. The van der Waals surface area contributed by atoms with Crippen LogP contribution < -0.4 is 0 Å². The molecular formula is C9H7BrO2. The summed E-state index contributed by atoms with van der Waals surface area (Å²) in [7, 11) is 0. The fourth-order valence-electron chi connectivity index (χ4n) is 1.16. The third kappa shape index (κ3) is 1.37. The largest absolute Gasteiger partial charge is 0.457 e. The van der Waals surface area contributed by atoms with Crippen LogP contribution in [-0.2, 0) is 9.53 Å². The lowest BCUT2D eigenvalue weighted by Crippen LogP contribution is -2.24. The van der Waals surface area contributed by atoms with Gasteiger partial charge in [-0.3, -0.25) is 4.79 Å². The molecule has 1 saturated heterocycles. The van der Waals surface area contributed by atoms with Crippen LogP contribution in [0, 0.1) is 0 Å². The molecule has 62 valence electrons. The van der Waals surface area contributed by atoms with Gasteiger partial charge >= 0.3 is 5.97 Å². The Morgan fingerprint density at radius 3 is 2.42 bits per heavy atom. The van der Waals surface area contributed by atoms with Crippen molar-refractivity contribution in [2.45, 2.75) is 12.5 Å². The van der Waals surface area contributed by atoms with Crippen molar-refractivity contribution in [3.8, 4) is 0 Å². The molecule has 1 unspecified atom stereocenters. The van der Waals surface area contributed by atoms with E-state index in [-0.39, 0.29) is 12.1 Å². The van der Waals surface area contributed by atoms with Gasteiger partial charge in [-0.05, 0) is 17.7 Å². The average molecular weight is 227 g/mol. The first-order valence-corrected chi connectivity index (χ1v) is 4.50. The minimum Gasteiger partial charge on any atom is -0.457 e. The number of carbonyl (C=O) groups excluding carboxylic acids is 1. The summed E-state index contributed by atoms with van der Waals surface area (Å²) in [4.78, 5) is 10.5. The predicted octanol–water partition coefficient (Wildman–Crippen LogP) is 2.44. The number of halogens is 1. The lowest BCUT2D eigenvalue weighted by atomic mass is 10.0. The summed E-state index contributed by atoms with van der Waals surface area (Å²) >= 11 is 3.34. The second-order valence-electron chi connectivity index (χ2n) is 2.73. The first kappa shape index (κ1) is 7.80. The molecule has 0 aliphatic carbocycles. The van der Waals surface area contributed by atoms with Crippen LogP contribution in [0.4, 0.5) is 0 Å². The number of hydrogen-bond acceptors (Lipinski definition) is 2. The summed E-state index contributed by atoms with van der Waals surface area (Å²) in [5, 5.41) is 0. The van der Waals surface area contributed by atoms with Crippen molar-refractivity contribution in [3.05, 3.63) is 34.3 Å². The summed E-state index contributed by atoms with van der Waals surface area (Å²) in [6.45, 7) is 0. The molecule has 0 amide bonds. The lowest BCUT2D eigenvalue weighted by molar-refractivity contribution is -0.170. The summed E-state index contributed by atoms with van der Waals surface area (Å²) < 4.78 is 5.95. The molecule has 0 aromatic heterocycles. The SMILES string of the molecule is O=C1CC(c2ccc(Br)cc2)O1. The van der Waals surface area contributed by atoms with Gasteiger partial charge in [0.2, 0.25) is 0 Å². The highest BCUT2D eigenvalue weighted by Gasteiger charge is 2.29. The number of carbonyl (C=O) groups is 1. The van der Waals surface area contributed by atoms with Crippen LogP contribution in [-0.4, -0.2) is 5.97 Å². The van der Waals surface area contributed by atoms with Crippen LogP contribution in [0.15, 0.2) is 28.7 Å². The Kier molecular flexibility index (Phi) is 1.89. The van der Waals surface area contributed by atoms with Gasteiger partial charge in [-0.25, -0.2) is 0 Å². The molecule has 1 heterocycles. The zero-order valence-electron chi connectivity index (χ0n) is 6.29. The molecule has 0 saturated carbocycles. The molecule has 0 radical (unpaired) electrons. The Hall–Kier alpha value is -0.830. The number of ether oxygens (including phenoxy) is 1. The van der Waals surface area contributed by atoms with Gasteiger partial charge in [0.15, 0.2) is 0 Å². The van der Waals surface area contributed by atoms with Crippen molar-refractivity contribution in [2.75, 3.05) is 0 Å². The second-order valence-corrected chi connectivity index (χ2v) is 3.65. The van der Waals surface area contributed by atoms with Gasteiger partial charge in [0.1, 0.15) is 6.10 Å². The number of esters is 1. The lowest BCUT2D eigenvalue weighted by Gasteiger charge is -2.25. The van der Waals surface area contributed by atoms with Gasteiger partial charge in [0.05, 0.1) is 6.42 Å². The van der Waals surface area contributed by atoms with E-state index in [1.165, 1.54) is 0 Å². The number of cyclic esters (lactones) is 1. The van der Waals surface area contributed by atoms with Crippen LogP contribution in [0.5, 0.6) is 0 Å². The molecule has 0 bridgehead atoms. The maximum absolute atomic E-state index is 10.5. The third-order valence-electron chi connectivity index (χ3n) is 1.87. The van der Waals surface area contributed by atoms with Gasteiger partial charge in [-0.2, -0.15) is 0 Å². The molecular weight excluding hydrogens is 220 g/mol. The van der Waals surface area contributed by atoms with Crippen molar-refractivity contribution in [1.29, 1.82) is 0 Å². The Morgan fingerprint density at radius 2 is 1.92 bits per heavy atom. The first-order valence-electron chi connectivity index (χ1n) is 3.70. The van der Waals surface area contributed by atoms with Gasteiger partial charge in [-0.15, -0.1) is 0 Å². The van der Waals surface area contributed by atoms with Crippen LogP contribution in [0.2, 0.25) is 0 Å². The minimum absolute atomic E-state index is 0.00870. The van der Waals surface area contributed by atoms with E-state index in [1.54, 1.807) is 0 Å². The van der Waals surface area contributed by atoms with Crippen LogP contribution in [0.1, 0.15) is 18.1 Å². The van der Waals surface area contributed by atoms with E-state index in [0.29, 0.717) is 6.42 Å². The Bertz CT molecular complexity index is 297. The number of rotatable bonds is 1. The molecule has 2 rings (SSSR count). The first-order chi connectivity index (χ1) is 5.75. The van der Waals surface area contributed by atoms with Crippen LogP contribution in [0.25, 0.3) is 0 Å². The second kappa shape index (κ2) is 2.90. The summed E-state index contributed by atoms with van der Waals surface area (Å²) in [6.07, 6.45) is 0.507. The number of hydrogen-bond donors (Lipinski definition) is 0. The van der Waals surface area contributed by atoms with E-state index in [4.69, 9.17) is 4.74 Å². The summed E-state index contributed by atoms with van der Waals surface area (Å²) in [5.74, 6) is -0.108. The Balaban J connectivity index is 2.14. The zero-order chi connectivity index (χ0) is 8.55. The summed E-state index contributed by atoms with van der Waals surface area (Å²) in [6, 6.07) is 7.81. The van der Waals surface area contributed by atoms with E-state index >= 15 is 0 Å². The van der Waals surface area contributed by atoms with E-state index in [9.17, 15) is 4.79 Å². The smallest absolute Gasteiger partial charge is 0.310 e. The normalized spacial score (nSPS) is 21.4. The molecule has 1 fully saturated rings. The van der Waals surface area contributed by atoms with E-state index in [2.05, 4.69) is 15.9 Å². The molecule has 1 aliphatic rings. The van der Waals surface area contributed by atoms with Crippen molar-refractivity contribution < 1.29 is 9.53 Å². The van der Waals surface area contributed by atoms with Crippen molar-refractivity contribution in [1.82, 2.24) is 0 Å². The van der Waals surface area contributed by atoms with Crippen molar-refractivity contribution >= 4 is 21.9 Å². The maximum Gasteiger partial charge on any atom is 0.310 e. The van der Waals surface area contributed by atoms with Crippen molar-refractivity contribution in [2.24, 2.45) is 0 Å². The maximum atomic E-state index is 10.5. The fraction of sp³-hybridized carbons (Fsp3) is 0.222. The molecule has 0 spiro atoms. The third-order valence-corrected chi connectivity index (χ3v) is 2.40. The molecule has 1 atom stereocenters. The molecule has 3 heteroatoms. The van der Waals surface area contributed by atoms with Gasteiger partial charge in [0, 0.05) is 4.47 Å². The molecule has 1 aromatic carbocycles. The molecule has 1 aliphatic heterocycles. The number of benzene rings is 1. The molecule has 2 nitrogen and oxygen atoms in total. The quantitative estimate of drug-likeness (QED) is 0.688. The summed E-state index contributed by atoms with van der Waals surface area (Å²) in [5.41, 5.74) is 1.07. The highest BCUT2D eigenvalue weighted by molar-refractivity contribution is 9.10. The fourth-order valence-corrected chi connectivity index (χ4v) is 1.43. The molecule has 0 N–H and O–H groups in total. The standard InChI is InChI=1S/C9H7BrO2/c10-7-3-1-6(2-4-7)8-5-9(11)12-8/h1-4,8H,5H2. The van der Waals surface area contributed by atoms with Gasteiger partial charge in [0.25, 0.3) is 0 Å². The predicted molar refractivity (Wildman–Crippen MR) is 47.6 cm³/mol. The highest BCUT2D eigenvalue weighted by atomic mass is 79.9. The van der Waals surface area contributed by atoms with E-state index in [0.717, 1.165) is 10.0 Å². The van der Waals surface area contributed by atoms with E-state index < -0.39 is 0 Å². The average Bonchev–Trinajstić information content (AvgIpc) is 2.01. The Labute approximate surface area is 78.7 Å². The minimum atomic E-state index is -0.108. The Morgan fingerprint density at radius 1 is 1.33 bits per heavy atom. The zero-order valence-corrected chi connectivity index (χ0v) is 7.87. The van der Waals surface area contributed by atoms with Crippen LogP contribution >= 0.6 is 15.9 Å². The monoisotopic (exact) mass is 226 g/mol. The highest BCUT2D eigenvalue weighted by Crippen LogP contribution is 2.30. The molecule has 12 heavy (non-hydrogen) atoms. The van der Waals surface area contributed by atoms with Crippen LogP contribution in [0.3, 0.4) is 0 Å². The van der Waals surface area contributed by atoms with Crippen molar-refractivity contribution in [3.63, 3.8) is 0 Å². The van der Waals surface area contributed by atoms with E-state index in [1.807, 2.05) is 24.3 Å². The topological polar surface area (TPSA) is 26.3 Å². The van der Waals surface area contributed by atoms with Gasteiger partial charge < -0.3 is 4.74 Å². The van der Waals surface area contributed by atoms with Gasteiger partial charge in [-0.1, -0.05) is 28.1 Å².